The van der Waals surface area contributed by atoms with Crippen molar-refractivity contribution >= 4 is 10.9 Å². The molecule has 1 saturated carbocycles. The lowest BCUT2D eigenvalue weighted by Crippen LogP contribution is -2.44. The molecule has 2 N–H and O–H groups in total. The molecule has 0 unspecified atom stereocenters. The summed E-state index contributed by atoms with van der Waals surface area (Å²) in [5.41, 5.74) is 6.35. The predicted octanol–water partition coefficient (Wildman–Crippen LogP) is 1.32. The van der Waals surface area contributed by atoms with Crippen LogP contribution in [-0.2, 0) is 12.6 Å². The van der Waals surface area contributed by atoms with Gasteiger partial charge in [0, 0.05) is 12.4 Å². The van der Waals surface area contributed by atoms with Gasteiger partial charge in [0.2, 0.25) is 5.43 Å². The molecule has 0 radical (unpaired) electrons. The highest BCUT2D eigenvalue weighted by Gasteiger charge is 2.39. The number of nitrogens with zero attached hydrogens (tertiary/aromatic N) is 4. The van der Waals surface area contributed by atoms with Crippen molar-refractivity contribution < 1.29 is 4.52 Å². The highest BCUT2D eigenvalue weighted by molar-refractivity contribution is 5.81. The molecule has 1 aliphatic carbocycles. The summed E-state index contributed by atoms with van der Waals surface area (Å²) >= 11 is 0. The van der Waals surface area contributed by atoms with Gasteiger partial charge in [0.25, 0.3) is 5.89 Å². The summed E-state index contributed by atoms with van der Waals surface area (Å²) in [6.07, 6.45) is 2.71. The number of hydrogen-bond donors (Lipinski definition) is 1. The molecule has 2 heterocycles. The number of para-hydroxylation sites is 1. The van der Waals surface area contributed by atoms with Gasteiger partial charge in [-0.2, -0.15) is 10.1 Å². The molecule has 7 heteroatoms. The zero-order valence-corrected chi connectivity index (χ0v) is 12.1. The Hall–Kier alpha value is -2.54. The zero-order valence-electron chi connectivity index (χ0n) is 12.1. The van der Waals surface area contributed by atoms with E-state index in [-0.39, 0.29) is 17.0 Å². The third kappa shape index (κ3) is 1.79. The normalized spacial score (nSPS) is 16.6. The molecule has 112 valence electrons. The SMILES string of the molecule is Cn1nc(-c2nc(C3(N)CCC3)no2)c(=O)c2ccccc21. The predicted molar refractivity (Wildman–Crippen MR) is 80.0 cm³/mol. The Morgan fingerprint density at radius 1 is 1.32 bits per heavy atom. The first-order valence-corrected chi connectivity index (χ1v) is 7.18. The number of benzene rings is 1. The first-order chi connectivity index (χ1) is 10.6. The van der Waals surface area contributed by atoms with Crippen molar-refractivity contribution in [2.45, 2.75) is 24.8 Å². The van der Waals surface area contributed by atoms with Crippen LogP contribution in [0.4, 0.5) is 0 Å². The van der Waals surface area contributed by atoms with Gasteiger partial charge >= 0.3 is 0 Å². The summed E-state index contributed by atoms with van der Waals surface area (Å²) < 4.78 is 6.88. The molecule has 4 rings (SSSR count). The van der Waals surface area contributed by atoms with E-state index in [1.807, 2.05) is 18.2 Å². The minimum Gasteiger partial charge on any atom is -0.332 e. The van der Waals surface area contributed by atoms with Crippen molar-refractivity contribution in [2.24, 2.45) is 12.8 Å². The first kappa shape index (κ1) is 13.1. The molecular weight excluding hydrogens is 282 g/mol. The molecule has 0 spiro atoms. The van der Waals surface area contributed by atoms with Gasteiger partial charge in [-0.25, -0.2) is 0 Å². The molecule has 22 heavy (non-hydrogen) atoms. The second-order valence-electron chi connectivity index (χ2n) is 5.75. The second-order valence-corrected chi connectivity index (χ2v) is 5.75. The lowest BCUT2D eigenvalue weighted by molar-refractivity contribution is 0.229. The zero-order chi connectivity index (χ0) is 15.3. The topological polar surface area (TPSA) is 99.8 Å². The van der Waals surface area contributed by atoms with Crippen LogP contribution in [0.2, 0.25) is 0 Å². The number of hydrogen-bond acceptors (Lipinski definition) is 6. The van der Waals surface area contributed by atoms with Crippen LogP contribution in [0.5, 0.6) is 0 Å². The lowest BCUT2D eigenvalue weighted by atomic mass is 9.77. The highest BCUT2D eigenvalue weighted by atomic mass is 16.5. The van der Waals surface area contributed by atoms with E-state index in [1.54, 1.807) is 17.8 Å². The van der Waals surface area contributed by atoms with Crippen molar-refractivity contribution in [1.82, 2.24) is 19.9 Å². The number of aromatic nitrogens is 4. The smallest absolute Gasteiger partial charge is 0.282 e. The maximum Gasteiger partial charge on any atom is 0.282 e. The van der Waals surface area contributed by atoms with Crippen LogP contribution in [0, 0.1) is 0 Å². The van der Waals surface area contributed by atoms with Gasteiger partial charge in [0.15, 0.2) is 11.5 Å². The van der Waals surface area contributed by atoms with Crippen LogP contribution < -0.4 is 11.2 Å². The molecule has 3 aromatic rings. The average molecular weight is 297 g/mol. The van der Waals surface area contributed by atoms with Crippen molar-refractivity contribution in [2.75, 3.05) is 0 Å². The van der Waals surface area contributed by atoms with Crippen molar-refractivity contribution in [1.29, 1.82) is 0 Å². The molecule has 1 aromatic carbocycles. The Balaban J connectivity index is 1.88. The molecule has 0 saturated heterocycles. The molecule has 2 aromatic heterocycles. The Bertz CT molecular complexity index is 923. The second kappa shape index (κ2) is 4.48. The first-order valence-electron chi connectivity index (χ1n) is 7.18. The highest BCUT2D eigenvalue weighted by Crippen LogP contribution is 2.37. The van der Waals surface area contributed by atoms with Gasteiger partial charge in [-0.1, -0.05) is 17.3 Å². The third-order valence-electron chi connectivity index (χ3n) is 4.28. The molecule has 1 fully saturated rings. The van der Waals surface area contributed by atoms with E-state index in [0.717, 1.165) is 24.8 Å². The summed E-state index contributed by atoms with van der Waals surface area (Å²) in [7, 11) is 1.78. The average Bonchev–Trinajstić information content (AvgIpc) is 2.98. The number of aryl methyl sites for hydroxylation is 1. The van der Waals surface area contributed by atoms with Gasteiger partial charge in [0.05, 0.1) is 11.1 Å². The van der Waals surface area contributed by atoms with Gasteiger partial charge < -0.3 is 10.3 Å². The van der Waals surface area contributed by atoms with Gasteiger partial charge in [-0.3, -0.25) is 9.48 Å². The number of rotatable bonds is 2. The van der Waals surface area contributed by atoms with E-state index in [9.17, 15) is 4.79 Å². The number of fused-ring (bicyclic) bond motifs is 1. The fourth-order valence-electron chi connectivity index (χ4n) is 2.77. The summed E-state index contributed by atoms with van der Waals surface area (Å²) in [4.78, 5) is 16.9. The maximum atomic E-state index is 12.6. The summed E-state index contributed by atoms with van der Waals surface area (Å²) in [5.74, 6) is 0.573. The van der Waals surface area contributed by atoms with E-state index in [4.69, 9.17) is 10.3 Å². The van der Waals surface area contributed by atoms with Gasteiger partial charge in [0.1, 0.15) is 0 Å². The van der Waals surface area contributed by atoms with E-state index in [2.05, 4.69) is 15.2 Å². The monoisotopic (exact) mass is 297 g/mol. The lowest BCUT2D eigenvalue weighted by Gasteiger charge is -2.34. The molecule has 0 amide bonds. The Morgan fingerprint density at radius 3 is 2.82 bits per heavy atom. The van der Waals surface area contributed by atoms with Crippen LogP contribution in [0.25, 0.3) is 22.5 Å². The van der Waals surface area contributed by atoms with Crippen LogP contribution in [-0.4, -0.2) is 19.9 Å². The van der Waals surface area contributed by atoms with E-state index >= 15 is 0 Å². The van der Waals surface area contributed by atoms with Crippen molar-refractivity contribution in [3.8, 4) is 11.6 Å². The fourth-order valence-corrected chi connectivity index (χ4v) is 2.77. The van der Waals surface area contributed by atoms with Crippen molar-refractivity contribution in [3.63, 3.8) is 0 Å². The summed E-state index contributed by atoms with van der Waals surface area (Å²) in [5, 5.41) is 8.79. The van der Waals surface area contributed by atoms with Crippen molar-refractivity contribution in [3.05, 3.63) is 40.3 Å². The molecule has 1 aliphatic rings. The largest absolute Gasteiger partial charge is 0.332 e. The van der Waals surface area contributed by atoms with E-state index in [0.29, 0.717) is 11.2 Å². The summed E-state index contributed by atoms with van der Waals surface area (Å²) in [6, 6.07) is 7.28. The Labute approximate surface area is 125 Å². The Kier molecular flexibility index (Phi) is 2.67. The molecule has 0 atom stereocenters. The van der Waals surface area contributed by atoms with Crippen LogP contribution >= 0.6 is 0 Å². The van der Waals surface area contributed by atoms with Gasteiger partial charge in [-0.15, -0.1) is 0 Å². The minimum atomic E-state index is -0.524. The number of nitrogens with two attached hydrogens (primary N) is 1. The van der Waals surface area contributed by atoms with E-state index in [1.165, 1.54) is 0 Å². The van der Waals surface area contributed by atoms with E-state index < -0.39 is 5.54 Å². The molecule has 7 nitrogen and oxygen atoms in total. The third-order valence-corrected chi connectivity index (χ3v) is 4.28. The molecule has 0 aliphatic heterocycles. The van der Waals surface area contributed by atoms with Crippen LogP contribution in [0.3, 0.4) is 0 Å². The quantitative estimate of drug-likeness (QED) is 0.765. The van der Waals surface area contributed by atoms with Crippen LogP contribution in [0.15, 0.2) is 33.6 Å². The molecule has 0 bridgehead atoms. The summed E-state index contributed by atoms with van der Waals surface area (Å²) in [6.45, 7) is 0. The Morgan fingerprint density at radius 2 is 2.09 bits per heavy atom. The molecular formula is C15H15N5O2. The fraction of sp³-hybridized carbons (Fsp3) is 0.333. The maximum absolute atomic E-state index is 12.6. The van der Waals surface area contributed by atoms with Gasteiger partial charge in [-0.05, 0) is 31.4 Å². The van der Waals surface area contributed by atoms with Crippen LogP contribution in [0.1, 0.15) is 25.1 Å². The standard InChI is InChI=1S/C15H15N5O2/c1-20-10-6-3-2-5-9(10)12(21)11(18-20)13-17-14(19-22-13)15(16)7-4-8-15/h2-3,5-6H,4,7-8,16H2,1H3. The minimum absolute atomic E-state index is 0.123.